The summed E-state index contributed by atoms with van der Waals surface area (Å²) in [5.41, 5.74) is 5.61. The van der Waals surface area contributed by atoms with Gasteiger partial charge in [-0.15, -0.1) is 0 Å². The first-order valence-corrected chi connectivity index (χ1v) is 5.01. The third-order valence-electron chi connectivity index (χ3n) is 2.35. The summed E-state index contributed by atoms with van der Waals surface area (Å²) in [6, 6.07) is 1.69. The normalized spacial score (nSPS) is 18.1. The van der Waals surface area contributed by atoms with E-state index < -0.39 is 0 Å². The molecule has 1 aromatic heterocycles. The van der Waals surface area contributed by atoms with Crippen LogP contribution in [0.4, 0.5) is 5.82 Å². The minimum atomic E-state index is 0.0449. The van der Waals surface area contributed by atoms with Gasteiger partial charge in [-0.2, -0.15) is 0 Å². The number of rotatable bonds is 4. The molecule has 4 heteroatoms. The Morgan fingerprint density at radius 2 is 2.43 bits per heavy atom. The van der Waals surface area contributed by atoms with Crippen molar-refractivity contribution in [2.75, 3.05) is 12.3 Å². The molecule has 0 radical (unpaired) electrons. The van der Waals surface area contributed by atoms with E-state index in [1.165, 1.54) is 12.8 Å². The van der Waals surface area contributed by atoms with Crippen molar-refractivity contribution in [2.45, 2.75) is 25.9 Å². The SMILES string of the molecule is CCOC(c1nccc(N)n1)C1CC1. The largest absolute Gasteiger partial charge is 0.384 e. The zero-order valence-electron chi connectivity index (χ0n) is 8.31. The summed E-state index contributed by atoms with van der Waals surface area (Å²) in [5, 5.41) is 0. The fourth-order valence-electron chi connectivity index (χ4n) is 1.53. The molecule has 0 spiro atoms. The Balaban J connectivity index is 2.16. The lowest BCUT2D eigenvalue weighted by atomic mass is 10.2. The highest BCUT2D eigenvalue weighted by Gasteiger charge is 2.34. The quantitative estimate of drug-likeness (QED) is 0.788. The molecular weight excluding hydrogens is 178 g/mol. The maximum Gasteiger partial charge on any atom is 0.159 e. The van der Waals surface area contributed by atoms with Crippen molar-refractivity contribution < 1.29 is 4.74 Å². The van der Waals surface area contributed by atoms with E-state index in [9.17, 15) is 0 Å². The summed E-state index contributed by atoms with van der Waals surface area (Å²) in [6.45, 7) is 2.68. The van der Waals surface area contributed by atoms with Crippen molar-refractivity contribution in [3.63, 3.8) is 0 Å². The number of hydrogen-bond donors (Lipinski definition) is 1. The topological polar surface area (TPSA) is 61.0 Å². The lowest BCUT2D eigenvalue weighted by molar-refractivity contribution is 0.0401. The molecule has 0 aliphatic heterocycles. The Morgan fingerprint density at radius 3 is 3.00 bits per heavy atom. The lowest BCUT2D eigenvalue weighted by Gasteiger charge is -2.14. The molecule has 4 nitrogen and oxygen atoms in total. The van der Waals surface area contributed by atoms with Gasteiger partial charge in [0.2, 0.25) is 0 Å². The first kappa shape index (κ1) is 9.40. The minimum Gasteiger partial charge on any atom is -0.384 e. The highest BCUT2D eigenvalue weighted by atomic mass is 16.5. The first-order valence-electron chi connectivity index (χ1n) is 5.01. The van der Waals surface area contributed by atoms with E-state index in [2.05, 4.69) is 9.97 Å². The van der Waals surface area contributed by atoms with Crippen LogP contribution >= 0.6 is 0 Å². The second-order valence-electron chi connectivity index (χ2n) is 3.55. The summed E-state index contributed by atoms with van der Waals surface area (Å²) < 4.78 is 5.63. The van der Waals surface area contributed by atoms with Crippen molar-refractivity contribution in [3.8, 4) is 0 Å². The minimum absolute atomic E-state index is 0.0449. The van der Waals surface area contributed by atoms with Gasteiger partial charge in [-0.25, -0.2) is 9.97 Å². The molecule has 1 fully saturated rings. The van der Waals surface area contributed by atoms with Crippen LogP contribution in [0.15, 0.2) is 12.3 Å². The summed E-state index contributed by atoms with van der Waals surface area (Å²) in [4.78, 5) is 8.40. The van der Waals surface area contributed by atoms with Gasteiger partial charge in [0.15, 0.2) is 5.82 Å². The predicted octanol–water partition coefficient (Wildman–Crippen LogP) is 1.55. The van der Waals surface area contributed by atoms with Gasteiger partial charge in [-0.1, -0.05) is 0 Å². The van der Waals surface area contributed by atoms with Crippen LogP contribution in [0.5, 0.6) is 0 Å². The standard InChI is InChI=1S/C10H15N3O/c1-2-14-9(7-3-4-7)10-12-6-5-8(11)13-10/h5-7,9H,2-4H2,1H3,(H2,11,12,13). The van der Waals surface area contributed by atoms with E-state index in [-0.39, 0.29) is 6.10 Å². The van der Waals surface area contributed by atoms with E-state index in [1.54, 1.807) is 12.3 Å². The predicted molar refractivity (Wildman–Crippen MR) is 53.5 cm³/mol. The van der Waals surface area contributed by atoms with Gasteiger partial charge in [0.1, 0.15) is 11.9 Å². The number of nitrogens with zero attached hydrogens (tertiary/aromatic N) is 2. The highest BCUT2D eigenvalue weighted by molar-refractivity contribution is 5.25. The van der Waals surface area contributed by atoms with Crippen molar-refractivity contribution in [1.82, 2.24) is 9.97 Å². The van der Waals surface area contributed by atoms with Crippen LogP contribution in [0.2, 0.25) is 0 Å². The highest BCUT2D eigenvalue weighted by Crippen LogP contribution is 2.42. The summed E-state index contributed by atoms with van der Waals surface area (Å²) in [7, 11) is 0. The van der Waals surface area contributed by atoms with E-state index in [1.807, 2.05) is 6.92 Å². The van der Waals surface area contributed by atoms with E-state index >= 15 is 0 Å². The Morgan fingerprint density at radius 1 is 1.64 bits per heavy atom. The molecule has 1 aliphatic carbocycles. The van der Waals surface area contributed by atoms with Crippen LogP contribution < -0.4 is 5.73 Å². The molecule has 0 amide bonds. The average molecular weight is 193 g/mol. The fraction of sp³-hybridized carbons (Fsp3) is 0.600. The molecule has 0 saturated heterocycles. The van der Waals surface area contributed by atoms with Gasteiger partial charge in [0.25, 0.3) is 0 Å². The molecule has 1 atom stereocenters. The molecule has 1 aromatic rings. The Hall–Kier alpha value is -1.16. The molecule has 1 unspecified atom stereocenters. The first-order chi connectivity index (χ1) is 6.81. The van der Waals surface area contributed by atoms with Gasteiger partial charge in [-0.3, -0.25) is 0 Å². The van der Waals surface area contributed by atoms with Crippen LogP contribution in [-0.2, 0) is 4.74 Å². The molecule has 2 N–H and O–H groups in total. The van der Waals surface area contributed by atoms with Crippen LogP contribution in [0, 0.1) is 5.92 Å². The van der Waals surface area contributed by atoms with Gasteiger partial charge in [0.05, 0.1) is 0 Å². The summed E-state index contributed by atoms with van der Waals surface area (Å²) >= 11 is 0. The van der Waals surface area contributed by atoms with E-state index in [4.69, 9.17) is 10.5 Å². The number of anilines is 1. The zero-order chi connectivity index (χ0) is 9.97. The van der Waals surface area contributed by atoms with Gasteiger partial charge in [-0.05, 0) is 31.7 Å². The lowest BCUT2D eigenvalue weighted by Crippen LogP contribution is -2.11. The van der Waals surface area contributed by atoms with Gasteiger partial charge >= 0.3 is 0 Å². The van der Waals surface area contributed by atoms with Crippen molar-refractivity contribution in [3.05, 3.63) is 18.1 Å². The summed E-state index contributed by atoms with van der Waals surface area (Å²) in [5.74, 6) is 1.84. The molecular formula is C10H15N3O. The number of ether oxygens (including phenoxy) is 1. The number of nitrogens with two attached hydrogens (primary N) is 1. The Labute approximate surface area is 83.5 Å². The van der Waals surface area contributed by atoms with Crippen LogP contribution in [0.25, 0.3) is 0 Å². The van der Waals surface area contributed by atoms with Crippen LogP contribution in [0.3, 0.4) is 0 Å². The molecule has 2 rings (SSSR count). The third kappa shape index (κ3) is 2.01. The summed E-state index contributed by atoms with van der Waals surface area (Å²) in [6.07, 6.45) is 4.15. The molecule has 1 aliphatic rings. The average Bonchev–Trinajstić information content (AvgIpc) is 2.97. The van der Waals surface area contributed by atoms with Gasteiger partial charge < -0.3 is 10.5 Å². The number of hydrogen-bond acceptors (Lipinski definition) is 4. The second-order valence-corrected chi connectivity index (χ2v) is 3.55. The van der Waals surface area contributed by atoms with Crippen molar-refractivity contribution >= 4 is 5.82 Å². The van der Waals surface area contributed by atoms with Crippen LogP contribution in [0.1, 0.15) is 31.7 Å². The Kier molecular flexibility index (Phi) is 2.63. The second kappa shape index (κ2) is 3.92. The zero-order valence-corrected chi connectivity index (χ0v) is 8.31. The monoisotopic (exact) mass is 193 g/mol. The molecule has 0 bridgehead atoms. The number of nitrogen functional groups attached to an aromatic ring is 1. The maximum absolute atomic E-state index is 5.63. The van der Waals surface area contributed by atoms with Crippen LogP contribution in [-0.4, -0.2) is 16.6 Å². The van der Waals surface area contributed by atoms with Crippen molar-refractivity contribution in [1.29, 1.82) is 0 Å². The smallest absolute Gasteiger partial charge is 0.159 e. The third-order valence-corrected chi connectivity index (χ3v) is 2.35. The number of aromatic nitrogens is 2. The van der Waals surface area contributed by atoms with E-state index in [0.717, 1.165) is 5.82 Å². The Bertz CT molecular complexity index is 312. The fourth-order valence-corrected chi connectivity index (χ4v) is 1.53. The maximum atomic E-state index is 5.63. The molecule has 76 valence electrons. The van der Waals surface area contributed by atoms with Gasteiger partial charge in [0, 0.05) is 12.8 Å². The van der Waals surface area contributed by atoms with E-state index in [0.29, 0.717) is 18.3 Å². The molecule has 0 aromatic carbocycles. The van der Waals surface area contributed by atoms with Crippen molar-refractivity contribution in [2.24, 2.45) is 5.92 Å². The molecule has 1 saturated carbocycles. The molecule has 14 heavy (non-hydrogen) atoms. The molecule has 1 heterocycles.